The molecule has 1 fully saturated rings. The highest BCUT2D eigenvalue weighted by Crippen LogP contribution is 2.35. The van der Waals surface area contributed by atoms with Crippen molar-refractivity contribution in [3.63, 3.8) is 0 Å². The fourth-order valence-corrected chi connectivity index (χ4v) is 4.82. The summed E-state index contributed by atoms with van der Waals surface area (Å²) in [6.07, 6.45) is 1.66. The first-order chi connectivity index (χ1) is 17.3. The summed E-state index contributed by atoms with van der Waals surface area (Å²) in [5.41, 5.74) is 2.53. The summed E-state index contributed by atoms with van der Waals surface area (Å²) in [5.74, 6) is 1.34. The van der Waals surface area contributed by atoms with Gasteiger partial charge in [-0.1, -0.05) is 47.5 Å². The highest BCUT2D eigenvalue weighted by Gasteiger charge is 2.34. The van der Waals surface area contributed by atoms with E-state index < -0.39 is 0 Å². The van der Waals surface area contributed by atoms with E-state index in [2.05, 4.69) is 0 Å². The lowest BCUT2D eigenvalue weighted by Gasteiger charge is -2.13. The molecule has 1 saturated heterocycles. The zero-order chi connectivity index (χ0) is 25.7. The average molecular weight is 544 g/mol. The molecule has 4 rings (SSSR count). The van der Waals surface area contributed by atoms with Crippen LogP contribution in [0.1, 0.15) is 16.7 Å². The van der Waals surface area contributed by atoms with Gasteiger partial charge in [0.2, 0.25) is 0 Å². The molecule has 1 heterocycles. The maximum atomic E-state index is 12.9. The number of thioether (sulfide) groups is 1. The lowest BCUT2D eigenvalue weighted by Crippen LogP contribution is -2.32. The number of methoxy groups -OCH3 is 1. The summed E-state index contributed by atoms with van der Waals surface area (Å²) < 4.78 is 17.0. The molecule has 6 nitrogen and oxygen atoms in total. The molecule has 0 bridgehead atoms. The monoisotopic (exact) mass is 543 g/mol. The molecule has 3 aromatic rings. The molecule has 0 saturated carbocycles. The predicted octanol–water partition coefficient (Wildman–Crippen LogP) is 7.00. The van der Waals surface area contributed by atoms with Crippen LogP contribution in [0.2, 0.25) is 10.0 Å². The fourth-order valence-electron chi connectivity index (χ4n) is 3.49. The van der Waals surface area contributed by atoms with Crippen molar-refractivity contribution in [3.8, 4) is 17.2 Å². The number of halogens is 2. The molecule has 0 unspecified atom stereocenters. The molecular weight excluding hydrogens is 521 g/mol. The highest BCUT2D eigenvalue weighted by atomic mass is 35.5. The van der Waals surface area contributed by atoms with Crippen molar-refractivity contribution in [2.75, 3.05) is 20.3 Å². The summed E-state index contributed by atoms with van der Waals surface area (Å²) in [7, 11) is 1.54. The zero-order valence-corrected chi connectivity index (χ0v) is 22.0. The van der Waals surface area contributed by atoms with Gasteiger partial charge in [0.05, 0.1) is 18.6 Å². The van der Waals surface area contributed by atoms with Gasteiger partial charge in [-0.2, -0.15) is 0 Å². The first kappa shape index (κ1) is 25.9. The molecule has 0 N–H and O–H groups in total. The number of ether oxygens (including phenoxy) is 3. The number of nitrogens with zero attached hydrogens (tertiary/aromatic N) is 1. The molecule has 186 valence electrons. The lowest BCUT2D eigenvalue weighted by molar-refractivity contribution is -0.123. The largest absolute Gasteiger partial charge is 0.493 e. The van der Waals surface area contributed by atoms with E-state index in [0.29, 0.717) is 37.8 Å². The number of benzene rings is 3. The van der Waals surface area contributed by atoms with Crippen LogP contribution in [0, 0.1) is 6.92 Å². The van der Waals surface area contributed by atoms with Crippen molar-refractivity contribution in [2.45, 2.75) is 13.5 Å². The third-order valence-corrected chi connectivity index (χ3v) is 6.82. The molecule has 1 aliphatic heterocycles. The number of imide groups is 1. The minimum absolute atomic E-state index is 0.161. The van der Waals surface area contributed by atoms with Crippen LogP contribution >= 0.6 is 35.0 Å². The van der Waals surface area contributed by atoms with E-state index in [0.717, 1.165) is 22.9 Å². The van der Waals surface area contributed by atoms with Crippen LogP contribution in [0.5, 0.6) is 17.2 Å². The van der Waals surface area contributed by atoms with E-state index in [1.165, 1.54) is 4.90 Å². The Kier molecular flexibility index (Phi) is 8.46. The standard InChI is InChI=1S/C27H23Cl2NO5S/c1-17-4-3-5-21(12-17)34-11-10-30-26(31)25(36-27(30)32)14-18-6-9-23(33-2)24(13-18)35-16-19-7-8-20(28)15-22(19)29/h3-9,12-15H,10-11,16H2,1-2H3/b25-14-. The van der Waals surface area contributed by atoms with E-state index in [1.807, 2.05) is 31.2 Å². The molecule has 2 amide bonds. The molecule has 3 aromatic carbocycles. The van der Waals surface area contributed by atoms with E-state index in [1.54, 1.807) is 49.6 Å². The van der Waals surface area contributed by atoms with Crippen LogP contribution in [-0.4, -0.2) is 36.3 Å². The number of rotatable bonds is 9. The normalized spacial score (nSPS) is 14.4. The Bertz CT molecular complexity index is 1330. The molecular formula is C27H23Cl2NO5S. The second-order valence-electron chi connectivity index (χ2n) is 7.93. The Morgan fingerprint density at radius 1 is 0.972 bits per heavy atom. The third kappa shape index (κ3) is 6.35. The minimum Gasteiger partial charge on any atom is -0.493 e. The van der Waals surface area contributed by atoms with Gasteiger partial charge in [-0.25, -0.2) is 0 Å². The predicted molar refractivity (Wildman–Crippen MR) is 143 cm³/mol. The van der Waals surface area contributed by atoms with Crippen LogP contribution in [0.4, 0.5) is 4.79 Å². The molecule has 0 aromatic heterocycles. The summed E-state index contributed by atoms with van der Waals surface area (Å²) in [4.78, 5) is 26.9. The zero-order valence-electron chi connectivity index (χ0n) is 19.6. The smallest absolute Gasteiger partial charge is 0.293 e. The summed E-state index contributed by atoms with van der Waals surface area (Å²) in [6, 6.07) is 18.1. The first-order valence-corrected chi connectivity index (χ1v) is 12.6. The van der Waals surface area contributed by atoms with Crippen LogP contribution in [0.3, 0.4) is 0 Å². The SMILES string of the molecule is COc1ccc(/C=C2\SC(=O)N(CCOc3cccc(C)c3)C2=O)cc1OCc1ccc(Cl)cc1Cl. The summed E-state index contributed by atoms with van der Waals surface area (Å²) in [5, 5.41) is 0.707. The quantitative estimate of drug-likeness (QED) is 0.270. The van der Waals surface area contributed by atoms with Crippen molar-refractivity contribution in [1.29, 1.82) is 0 Å². The maximum absolute atomic E-state index is 12.9. The Morgan fingerprint density at radius 3 is 2.56 bits per heavy atom. The van der Waals surface area contributed by atoms with Gasteiger partial charge in [-0.15, -0.1) is 0 Å². The number of amides is 2. The number of carbonyl (C=O) groups is 2. The molecule has 9 heteroatoms. The van der Waals surface area contributed by atoms with Gasteiger partial charge in [0.1, 0.15) is 19.0 Å². The van der Waals surface area contributed by atoms with Crippen molar-refractivity contribution < 1.29 is 23.8 Å². The van der Waals surface area contributed by atoms with Crippen molar-refractivity contribution in [1.82, 2.24) is 4.90 Å². The number of carbonyl (C=O) groups excluding carboxylic acids is 2. The minimum atomic E-state index is -0.357. The fraction of sp³-hybridized carbons (Fsp3) is 0.185. The van der Waals surface area contributed by atoms with Crippen LogP contribution in [0.15, 0.2) is 65.6 Å². The number of aryl methyl sites for hydroxylation is 1. The topological polar surface area (TPSA) is 65.1 Å². The average Bonchev–Trinajstić information content (AvgIpc) is 3.11. The van der Waals surface area contributed by atoms with Crippen molar-refractivity contribution in [2.24, 2.45) is 0 Å². The Labute approximate surface area is 223 Å². The molecule has 0 radical (unpaired) electrons. The molecule has 0 spiro atoms. The highest BCUT2D eigenvalue weighted by molar-refractivity contribution is 8.18. The van der Waals surface area contributed by atoms with Crippen LogP contribution < -0.4 is 14.2 Å². The lowest BCUT2D eigenvalue weighted by atomic mass is 10.1. The van der Waals surface area contributed by atoms with Crippen LogP contribution in [0.25, 0.3) is 6.08 Å². The Balaban J connectivity index is 1.43. The molecule has 0 atom stereocenters. The molecule has 1 aliphatic rings. The van der Waals surface area contributed by atoms with Gasteiger partial charge < -0.3 is 14.2 Å². The van der Waals surface area contributed by atoms with Gasteiger partial charge in [0.25, 0.3) is 11.1 Å². The Morgan fingerprint density at radius 2 is 1.81 bits per heavy atom. The van der Waals surface area contributed by atoms with E-state index in [9.17, 15) is 9.59 Å². The maximum Gasteiger partial charge on any atom is 0.293 e. The van der Waals surface area contributed by atoms with Crippen molar-refractivity contribution in [3.05, 3.63) is 92.3 Å². The summed E-state index contributed by atoms with van der Waals surface area (Å²) >= 11 is 13.1. The van der Waals surface area contributed by atoms with Gasteiger partial charge in [0.15, 0.2) is 11.5 Å². The Hall–Kier alpha value is -3.13. The van der Waals surface area contributed by atoms with Gasteiger partial charge in [0, 0.05) is 15.6 Å². The molecule has 0 aliphatic carbocycles. The van der Waals surface area contributed by atoms with Gasteiger partial charge in [-0.3, -0.25) is 14.5 Å². The third-order valence-electron chi connectivity index (χ3n) is 5.33. The van der Waals surface area contributed by atoms with Gasteiger partial charge in [-0.05, 0) is 72.3 Å². The van der Waals surface area contributed by atoms with E-state index in [4.69, 9.17) is 37.4 Å². The number of hydrogen-bond donors (Lipinski definition) is 0. The van der Waals surface area contributed by atoms with Crippen LogP contribution in [-0.2, 0) is 11.4 Å². The molecule has 36 heavy (non-hydrogen) atoms. The van der Waals surface area contributed by atoms with Crippen molar-refractivity contribution >= 4 is 52.2 Å². The van der Waals surface area contributed by atoms with Gasteiger partial charge >= 0.3 is 0 Å². The second kappa shape index (κ2) is 11.7. The van der Waals surface area contributed by atoms with E-state index in [-0.39, 0.29) is 30.9 Å². The number of hydrogen-bond acceptors (Lipinski definition) is 6. The second-order valence-corrected chi connectivity index (χ2v) is 9.77. The van der Waals surface area contributed by atoms with E-state index >= 15 is 0 Å². The first-order valence-electron chi connectivity index (χ1n) is 11.0. The summed E-state index contributed by atoms with van der Waals surface area (Å²) in [6.45, 7) is 2.54.